The summed E-state index contributed by atoms with van der Waals surface area (Å²) in [4.78, 5) is 3.63. The summed E-state index contributed by atoms with van der Waals surface area (Å²) in [6.45, 7) is 0. The van der Waals surface area contributed by atoms with Gasteiger partial charge in [0.15, 0.2) is 0 Å². The smallest absolute Gasteiger partial charge is 0.129 e. The van der Waals surface area contributed by atoms with Gasteiger partial charge >= 0.3 is 0 Å². The van der Waals surface area contributed by atoms with Crippen LogP contribution in [0.25, 0.3) is 0 Å². The van der Waals surface area contributed by atoms with Gasteiger partial charge in [-0.2, -0.15) is 13.1 Å². The Bertz CT molecular complexity index is 255. The molecule has 6 nitrogen and oxygen atoms in total. The molecule has 0 saturated heterocycles. The van der Waals surface area contributed by atoms with E-state index in [0.29, 0.717) is 0 Å². The van der Waals surface area contributed by atoms with Gasteiger partial charge < -0.3 is 0 Å². The van der Waals surface area contributed by atoms with E-state index >= 15 is 0 Å². The van der Waals surface area contributed by atoms with Crippen LogP contribution in [0, 0.1) is 0 Å². The summed E-state index contributed by atoms with van der Waals surface area (Å²) in [5.41, 5.74) is 5.04. The van der Waals surface area contributed by atoms with Gasteiger partial charge in [-0.1, -0.05) is 0 Å². The van der Waals surface area contributed by atoms with Crippen LogP contribution < -0.4 is 0 Å². The van der Waals surface area contributed by atoms with Gasteiger partial charge in [0.25, 0.3) is 0 Å². The van der Waals surface area contributed by atoms with Gasteiger partial charge in [-0.3, -0.25) is 0 Å². The molecule has 0 spiro atoms. The Labute approximate surface area is 98.2 Å². The first-order chi connectivity index (χ1) is 7.50. The molecule has 0 aliphatic heterocycles. The lowest BCUT2D eigenvalue weighted by atomic mass is 11.0. The Balaban J connectivity index is 0.000000112. The van der Waals surface area contributed by atoms with Crippen molar-refractivity contribution >= 4 is 34.6 Å². The van der Waals surface area contributed by atoms with Crippen molar-refractivity contribution in [3.63, 3.8) is 0 Å². The van der Waals surface area contributed by atoms with E-state index in [1.807, 2.05) is 0 Å². The zero-order valence-electron chi connectivity index (χ0n) is 7.37. The third kappa shape index (κ3) is 7.73. The van der Waals surface area contributed by atoms with Crippen molar-refractivity contribution in [3.05, 3.63) is 35.3 Å². The van der Waals surface area contributed by atoms with Crippen LogP contribution in [-0.2, 0) is 0 Å². The minimum atomic E-state index is 1.21. The molecule has 0 aliphatic rings. The predicted octanol–water partition coefficient (Wildman–Crippen LogP) is 1.61. The topological polar surface area (TPSA) is 77.3 Å². The summed E-state index contributed by atoms with van der Waals surface area (Å²) in [6.07, 6.45) is 4.83. The fourth-order valence-electron chi connectivity index (χ4n) is 0.408. The molecule has 0 saturated carbocycles. The molecule has 9 heteroatoms. The van der Waals surface area contributed by atoms with E-state index in [1.54, 1.807) is 28.9 Å². The first-order valence-electron chi connectivity index (χ1n) is 3.60. The van der Waals surface area contributed by atoms with Gasteiger partial charge in [0.2, 0.25) is 0 Å². The highest BCUT2D eigenvalue weighted by Crippen LogP contribution is 1.80. The Morgan fingerprint density at radius 3 is 1.73 bits per heavy atom. The van der Waals surface area contributed by atoms with Gasteiger partial charge in [0, 0.05) is 0 Å². The highest BCUT2D eigenvalue weighted by Gasteiger charge is 1.61. The van der Waals surface area contributed by atoms with E-state index in [4.69, 9.17) is 0 Å². The highest BCUT2D eigenvalue weighted by atomic mass is 32.1. The molecule has 0 fully saturated rings. The maximum atomic E-state index is 3.65. The lowest BCUT2D eigenvalue weighted by molar-refractivity contribution is 1.09. The number of rotatable bonds is 0. The second-order valence-electron chi connectivity index (χ2n) is 1.75. The molecule has 15 heavy (non-hydrogen) atoms. The summed E-state index contributed by atoms with van der Waals surface area (Å²) >= 11 is 4.06. The van der Waals surface area contributed by atoms with Gasteiger partial charge in [-0.25, -0.2) is 4.98 Å². The number of hydrogen-bond donors (Lipinski definition) is 0. The van der Waals surface area contributed by atoms with Crippen LogP contribution in [0.5, 0.6) is 0 Å². The maximum absolute atomic E-state index is 3.65. The average Bonchev–Trinajstić information content (AvgIpc) is 3.09. The van der Waals surface area contributed by atoms with Gasteiger partial charge in [-0.05, 0) is 11.5 Å². The second kappa shape index (κ2) is 9.24. The quantitative estimate of drug-likeness (QED) is 0.609. The zero-order valence-corrected chi connectivity index (χ0v) is 9.82. The van der Waals surface area contributed by atoms with Gasteiger partial charge in [0.05, 0.1) is 24.1 Å². The van der Waals surface area contributed by atoms with Gasteiger partial charge in [0.1, 0.15) is 22.9 Å². The Hall–Kier alpha value is -1.32. The number of hydrogen-bond acceptors (Lipinski definition) is 9. The van der Waals surface area contributed by atoms with Crippen molar-refractivity contribution in [2.75, 3.05) is 0 Å². The lowest BCUT2D eigenvalue weighted by Crippen LogP contribution is -1.53. The molecule has 0 aliphatic carbocycles. The van der Waals surface area contributed by atoms with Crippen molar-refractivity contribution in [2.45, 2.75) is 0 Å². The Morgan fingerprint density at radius 2 is 1.53 bits per heavy atom. The maximum Gasteiger partial charge on any atom is 0.129 e. The van der Waals surface area contributed by atoms with Crippen LogP contribution in [0.15, 0.2) is 35.3 Å². The molecule has 0 bridgehead atoms. The Kier molecular flexibility index (Phi) is 7.24. The molecule has 0 N–H and O–H groups in total. The van der Waals surface area contributed by atoms with E-state index in [0.717, 1.165) is 0 Å². The second-order valence-corrected chi connectivity index (χ2v) is 3.66. The minimum Gasteiger partial charge on any atom is -0.231 e. The molecule has 0 radical (unpaired) electrons. The van der Waals surface area contributed by atoms with Crippen LogP contribution in [0.1, 0.15) is 0 Å². The van der Waals surface area contributed by atoms with E-state index in [-0.39, 0.29) is 0 Å². The van der Waals surface area contributed by atoms with Crippen molar-refractivity contribution in [1.29, 1.82) is 0 Å². The third-order valence-corrected chi connectivity index (χ3v) is 2.14. The zero-order chi connectivity index (χ0) is 10.6. The summed E-state index contributed by atoms with van der Waals surface area (Å²) in [6, 6.07) is 0. The monoisotopic (exact) mass is 258 g/mol. The van der Waals surface area contributed by atoms with Gasteiger partial charge in [-0.15, -0.1) is 21.5 Å². The van der Waals surface area contributed by atoms with Crippen LogP contribution in [0.4, 0.5) is 0 Å². The fraction of sp³-hybridized carbons (Fsp3) is 0. The summed E-state index contributed by atoms with van der Waals surface area (Å²) < 4.78 is 11.0. The Morgan fingerprint density at radius 1 is 0.800 bits per heavy atom. The fourth-order valence-corrected chi connectivity index (χ4v) is 1.22. The van der Waals surface area contributed by atoms with E-state index in [1.165, 1.54) is 40.9 Å². The number of aromatic nitrogens is 6. The van der Waals surface area contributed by atoms with Crippen LogP contribution in [-0.4, -0.2) is 28.3 Å². The molecule has 3 rings (SSSR count). The molecule has 0 amide bonds. The van der Waals surface area contributed by atoms with E-state index in [9.17, 15) is 0 Å². The highest BCUT2D eigenvalue weighted by molar-refractivity contribution is 7.07. The van der Waals surface area contributed by atoms with Crippen LogP contribution in [0.2, 0.25) is 0 Å². The molecular formula is C6H6N6S3. The SMILES string of the molecule is c1cnsn1.c1ncsn1.c1nncs1. The van der Waals surface area contributed by atoms with Crippen molar-refractivity contribution in [1.82, 2.24) is 28.3 Å². The van der Waals surface area contributed by atoms with Crippen LogP contribution in [0.3, 0.4) is 0 Å². The predicted molar refractivity (Wildman–Crippen MR) is 59.7 cm³/mol. The molecule has 0 aromatic carbocycles. The lowest BCUT2D eigenvalue weighted by Gasteiger charge is -1.41. The van der Waals surface area contributed by atoms with E-state index < -0.39 is 0 Å². The first kappa shape index (κ1) is 11.8. The van der Waals surface area contributed by atoms with Crippen molar-refractivity contribution < 1.29 is 0 Å². The largest absolute Gasteiger partial charge is 0.231 e. The standard InChI is InChI=1S/3C2H2N2S/c1-3-4-2-5-1;1-3-2-5-4-1;1-2-4-5-3-1/h3*1-2H. The minimum absolute atomic E-state index is 1.21. The summed E-state index contributed by atoms with van der Waals surface area (Å²) in [5, 5.41) is 6.98. The van der Waals surface area contributed by atoms with Crippen molar-refractivity contribution in [3.8, 4) is 0 Å². The molecule has 0 atom stereocenters. The normalized spacial score (nSPS) is 8.00. The molecule has 3 aromatic heterocycles. The molecule has 3 aromatic rings. The summed E-state index contributed by atoms with van der Waals surface area (Å²) in [5.74, 6) is 0. The average molecular weight is 258 g/mol. The first-order valence-corrected chi connectivity index (χ1v) is 6.11. The molecular weight excluding hydrogens is 252 g/mol. The molecule has 3 heterocycles. The van der Waals surface area contributed by atoms with E-state index in [2.05, 4.69) is 28.3 Å². The van der Waals surface area contributed by atoms with Crippen LogP contribution >= 0.6 is 34.6 Å². The summed E-state index contributed by atoms with van der Waals surface area (Å²) in [7, 11) is 0. The number of nitrogens with zero attached hydrogens (tertiary/aromatic N) is 6. The molecule has 78 valence electrons. The van der Waals surface area contributed by atoms with Crippen molar-refractivity contribution in [2.24, 2.45) is 0 Å². The molecule has 0 unspecified atom stereocenters. The third-order valence-electron chi connectivity index (χ3n) is 0.848.